The summed E-state index contributed by atoms with van der Waals surface area (Å²) in [5.74, 6) is -3.56. The van der Waals surface area contributed by atoms with E-state index in [4.69, 9.17) is 4.74 Å². The molecule has 0 saturated heterocycles. The van der Waals surface area contributed by atoms with Crippen LogP contribution in [0.3, 0.4) is 0 Å². The lowest BCUT2D eigenvalue weighted by Gasteiger charge is -2.30. The van der Waals surface area contributed by atoms with Crippen LogP contribution >= 0.6 is 0 Å². The molecule has 0 bridgehead atoms. The van der Waals surface area contributed by atoms with Crippen molar-refractivity contribution in [2.75, 3.05) is 0 Å². The fourth-order valence-corrected chi connectivity index (χ4v) is 3.57. The lowest BCUT2D eigenvalue weighted by molar-refractivity contribution is -0.243. The molecular weight excluding hydrogens is 302 g/mol. The second-order valence-corrected chi connectivity index (χ2v) is 6.62. The number of halogens is 2. The van der Waals surface area contributed by atoms with Crippen LogP contribution in [-0.4, -0.2) is 10.2 Å². The van der Waals surface area contributed by atoms with Crippen molar-refractivity contribution in [3.63, 3.8) is 0 Å². The molecule has 3 nitrogen and oxygen atoms in total. The summed E-state index contributed by atoms with van der Waals surface area (Å²) in [6.45, 7) is 4.04. The third-order valence-corrected chi connectivity index (χ3v) is 4.89. The van der Waals surface area contributed by atoms with Crippen molar-refractivity contribution >= 4 is 0 Å². The minimum atomic E-state index is -2.10. The molecule has 5 heteroatoms. The average molecular weight is 318 g/mol. The molecule has 2 aromatic carbocycles. The van der Waals surface area contributed by atoms with Crippen molar-refractivity contribution in [2.24, 2.45) is 0 Å². The molecule has 2 unspecified atom stereocenters. The van der Waals surface area contributed by atoms with Crippen LogP contribution in [0.15, 0.2) is 30.3 Å². The van der Waals surface area contributed by atoms with Crippen LogP contribution < -0.4 is 4.74 Å². The highest BCUT2D eigenvalue weighted by Gasteiger charge is 2.65. The van der Waals surface area contributed by atoms with E-state index in [0.717, 1.165) is 17.7 Å². The summed E-state index contributed by atoms with van der Waals surface area (Å²) >= 11 is 0. The fourth-order valence-electron chi connectivity index (χ4n) is 3.57. The second-order valence-electron chi connectivity index (χ2n) is 6.62. The highest BCUT2D eigenvalue weighted by Crippen LogP contribution is 2.58. The minimum absolute atomic E-state index is 0.0376. The van der Waals surface area contributed by atoms with Crippen molar-refractivity contribution in [1.82, 2.24) is 0 Å². The van der Waals surface area contributed by atoms with Crippen LogP contribution in [-0.2, 0) is 17.8 Å². The van der Waals surface area contributed by atoms with Gasteiger partial charge in [0.25, 0.3) is 5.79 Å². The van der Waals surface area contributed by atoms with Gasteiger partial charge in [-0.25, -0.2) is 8.78 Å². The van der Waals surface area contributed by atoms with Gasteiger partial charge in [0.15, 0.2) is 17.2 Å². The van der Waals surface area contributed by atoms with E-state index in [2.05, 4.69) is 0 Å². The average Bonchev–Trinajstić information content (AvgIpc) is 2.82. The fraction of sp³-hybridized carbons (Fsp3) is 0.333. The van der Waals surface area contributed by atoms with Crippen molar-refractivity contribution < 1.29 is 23.7 Å². The summed E-state index contributed by atoms with van der Waals surface area (Å²) in [4.78, 5) is 0. The van der Waals surface area contributed by atoms with Crippen LogP contribution in [0.25, 0.3) is 0 Å². The van der Waals surface area contributed by atoms with Gasteiger partial charge in [-0.3, -0.25) is 0 Å². The van der Waals surface area contributed by atoms with E-state index in [9.17, 15) is 19.0 Å². The molecular formula is C18H16F2O3. The molecule has 1 aliphatic carbocycles. The molecule has 0 fully saturated rings. The van der Waals surface area contributed by atoms with Gasteiger partial charge in [-0.1, -0.05) is 26.0 Å². The van der Waals surface area contributed by atoms with Crippen LogP contribution in [0.4, 0.5) is 8.78 Å². The topological polar surface area (TPSA) is 49.7 Å². The molecule has 4 rings (SSSR count). The molecule has 0 spiro atoms. The number of fused-ring (bicyclic) bond motifs is 5. The first-order chi connectivity index (χ1) is 10.8. The summed E-state index contributed by atoms with van der Waals surface area (Å²) in [6.07, 6.45) is -0.0376. The van der Waals surface area contributed by atoms with E-state index >= 15 is 0 Å². The molecule has 0 saturated carbocycles. The van der Waals surface area contributed by atoms with E-state index in [1.165, 1.54) is 0 Å². The van der Waals surface area contributed by atoms with Gasteiger partial charge in [-0.05, 0) is 35.2 Å². The Morgan fingerprint density at radius 1 is 1.04 bits per heavy atom. The van der Waals surface area contributed by atoms with Crippen LogP contribution in [0.1, 0.15) is 42.0 Å². The summed E-state index contributed by atoms with van der Waals surface area (Å²) in [7, 11) is 0. The van der Waals surface area contributed by atoms with Crippen molar-refractivity contribution in [3.8, 4) is 5.75 Å². The van der Waals surface area contributed by atoms with Gasteiger partial charge in [0.1, 0.15) is 5.75 Å². The number of benzene rings is 2. The van der Waals surface area contributed by atoms with Crippen molar-refractivity contribution in [3.05, 3.63) is 64.2 Å². The Balaban J connectivity index is 1.90. The number of aliphatic hydroxyl groups is 2. The molecule has 2 N–H and O–H groups in total. The molecule has 1 heterocycles. The number of ether oxygens (including phenoxy) is 1. The van der Waals surface area contributed by atoms with E-state index in [1.807, 2.05) is 19.9 Å². The Labute approximate surface area is 132 Å². The van der Waals surface area contributed by atoms with E-state index in [1.54, 1.807) is 12.1 Å². The maximum Gasteiger partial charge on any atom is 0.269 e. The van der Waals surface area contributed by atoms with E-state index in [0.29, 0.717) is 16.9 Å². The molecule has 2 atom stereocenters. The van der Waals surface area contributed by atoms with Gasteiger partial charge in [0, 0.05) is 17.5 Å². The molecule has 23 heavy (non-hydrogen) atoms. The molecule has 2 aliphatic rings. The van der Waals surface area contributed by atoms with Gasteiger partial charge in [-0.2, -0.15) is 0 Å². The Morgan fingerprint density at radius 3 is 2.43 bits per heavy atom. The summed E-state index contributed by atoms with van der Waals surface area (Å²) in [5.41, 5.74) is 0.0944. The predicted molar refractivity (Wildman–Crippen MR) is 79.0 cm³/mol. The third kappa shape index (κ3) is 1.69. The summed E-state index contributed by atoms with van der Waals surface area (Å²) in [6, 6.07) is 7.25. The maximum absolute atomic E-state index is 13.6. The highest BCUT2D eigenvalue weighted by molar-refractivity contribution is 5.55. The molecule has 0 amide bonds. The normalized spacial score (nSPS) is 27.6. The molecule has 1 aliphatic heterocycles. The smallest absolute Gasteiger partial charge is 0.269 e. The van der Waals surface area contributed by atoms with E-state index < -0.39 is 23.0 Å². The third-order valence-electron chi connectivity index (χ3n) is 4.89. The van der Waals surface area contributed by atoms with E-state index in [-0.39, 0.29) is 17.9 Å². The van der Waals surface area contributed by atoms with Crippen molar-refractivity contribution in [2.45, 2.75) is 37.6 Å². The number of hydrogen-bond acceptors (Lipinski definition) is 3. The monoisotopic (exact) mass is 318 g/mol. The summed E-state index contributed by atoms with van der Waals surface area (Å²) < 4.78 is 32.7. The lowest BCUT2D eigenvalue weighted by Crippen LogP contribution is -2.45. The first-order valence-electron chi connectivity index (χ1n) is 7.53. The first kappa shape index (κ1) is 14.6. The maximum atomic E-state index is 13.6. The quantitative estimate of drug-likeness (QED) is 0.849. The highest BCUT2D eigenvalue weighted by atomic mass is 19.2. The number of rotatable bonds is 1. The van der Waals surface area contributed by atoms with Gasteiger partial charge in [0.2, 0.25) is 0 Å². The number of hydrogen-bond donors (Lipinski definition) is 2. The predicted octanol–water partition coefficient (Wildman–Crippen LogP) is 3.07. The Kier molecular flexibility index (Phi) is 2.73. The van der Waals surface area contributed by atoms with Gasteiger partial charge in [-0.15, -0.1) is 0 Å². The van der Waals surface area contributed by atoms with Gasteiger partial charge < -0.3 is 14.9 Å². The minimum Gasteiger partial charge on any atom is -0.454 e. The molecule has 2 aromatic rings. The molecule has 0 radical (unpaired) electrons. The molecule has 0 aromatic heterocycles. The van der Waals surface area contributed by atoms with Gasteiger partial charge in [0.05, 0.1) is 0 Å². The van der Waals surface area contributed by atoms with Crippen LogP contribution in [0.2, 0.25) is 0 Å². The molecule has 120 valence electrons. The largest absolute Gasteiger partial charge is 0.454 e. The lowest BCUT2D eigenvalue weighted by atomic mass is 9.87. The Morgan fingerprint density at radius 2 is 1.74 bits per heavy atom. The van der Waals surface area contributed by atoms with Crippen LogP contribution in [0.5, 0.6) is 5.75 Å². The second kappa shape index (κ2) is 4.30. The van der Waals surface area contributed by atoms with Gasteiger partial charge >= 0.3 is 0 Å². The zero-order valence-electron chi connectivity index (χ0n) is 12.7. The van der Waals surface area contributed by atoms with Crippen molar-refractivity contribution in [1.29, 1.82) is 0 Å². The Bertz CT molecular complexity index is 833. The first-order valence-corrected chi connectivity index (χ1v) is 7.53. The Hall–Kier alpha value is -1.98. The standard InChI is InChI=1S/C18H16F2O3/c1-9(2)10-3-4-12-16(6-10)23-18(22)13-7-15(20)14(19)5-11(13)8-17(12,18)21/h3-7,9,21-22H,8H2,1-2H3. The zero-order valence-corrected chi connectivity index (χ0v) is 12.7. The van der Waals surface area contributed by atoms with Crippen LogP contribution in [0, 0.1) is 11.6 Å². The summed E-state index contributed by atoms with van der Waals surface area (Å²) in [5, 5.41) is 22.0. The SMILES string of the molecule is CC(C)c1ccc2c(c1)OC1(O)c3cc(F)c(F)cc3CC21O. The zero-order chi connectivity index (χ0) is 16.6.